The average Bonchev–Trinajstić information content (AvgIpc) is 2.29. The van der Waals surface area contributed by atoms with Crippen molar-refractivity contribution in [2.24, 2.45) is 0 Å². The van der Waals surface area contributed by atoms with Gasteiger partial charge >= 0.3 is 0 Å². The van der Waals surface area contributed by atoms with Crippen LogP contribution in [0.4, 0.5) is 0 Å². The van der Waals surface area contributed by atoms with Gasteiger partial charge in [-0.1, -0.05) is 46.6 Å². The number of hydrogen-bond donors (Lipinski definition) is 0. The lowest BCUT2D eigenvalue weighted by Crippen LogP contribution is -3.00. The maximum Gasteiger partial charge on any atom is 0.0635 e. The highest BCUT2D eigenvalue weighted by Crippen LogP contribution is 2.61. The Morgan fingerprint density at radius 3 is 1.31 bits per heavy atom. The van der Waals surface area contributed by atoms with Crippen LogP contribution in [0.3, 0.4) is 0 Å². The second kappa shape index (κ2) is 11.9. The van der Waals surface area contributed by atoms with Crippen molar-refractivity contribution < 1.29 is 12.4 Å². The van der Waals surface area contributed by atoms with Gasteiger partial charge in [-0.25, -0.2) is 0 Å². The molecule has 0 saturated heterocycles. The summed E-state index contributed by atoms with van der Waals surface area (Å²) >= 11 is 0. The third-order valence-corrected chi connectivity index (χ3v) is 7.65. The van der Waals surface area contributed by atoms with E-state index in [1.807, 2.05) is 0 Å². The van der Waals surface area contributed by atoms with Crippen molar-refractivity contribution in [1.29, 1.82) is 0 Å². The van der Waals surface area contributed by atoms with E-state index in [1.165, 1.54) is 57.0 Å². The van der Waals surface area contributed by atoms with Gasteiger partial charge in [-0.15, -0.1) is 0 Å². The van der Waals surface area contributed by atoms with Gasteiger partial charge in [0.25, 0.3) is 0 Å². The van der Waals surface area contributed by atoms with E-state index in [0.29, 0.717) is 0 Å². The van der Waals surface area contributed by atoms with Gasteiger partial charge in [0.1, 0.15) is 0 Å². The molecule has 0 fully saturated rings. The van der Waals surface area contributed by atoms with Crippen LogP contribution in [0.1, 0.15) is 59.3 Å². The van der Waals surface area contributed by atoms with Gasteiger partial charge in [0.05, 0.1) is 24.3 Å². The zero-order valence-corrected chi connectivity index (χ0v) is 13.1. The molecule has 0 nitrogen and oxygen atoms in total. The molecule has 2 heteroatoms. The normalized spacial score (nSPS) is 10.9. The second-order valence-electron chi connectivity index (χ2n) is 4.63. The van der Waals surface area contributed by atoms with Crippen molar-refractivity contribution in [3.05, 3.63) is 12.4 Å². The van der Waals surface area contributed by atoms with Gasteiger partial charge in [-0.05, 0) is 19.3 Å². The molecule has 0 aromatic heterocycles. The molecule has 0 heterocycles. The molecule has 0 atom stereocenters. The predicted octanol–water partition coefficient (Wildman–Crippen LogP) is 2.55. The smallest absolute Gasteiger partial charge is 0.0635 e. The summed E-state index contributed by atoms with van der Waals surface area (Å²) in [6, 6.07) is 0. The van der Waals surface area contributed by atoms with Gasteiger partial charge in [-0.3, -0.25) is 0 Å². The molecule has 0 aliphatic heterocycles. The van der Waals surface area contributed by atoms with Gasteiger partial charge in [0.2, 0.25) is 0 Å². The molecule has 0 unspecified atom stereocenters. The maximum atomic E-state index is 4.14. The van der Waals surface area contributed by atoms with Gasteiger partial charge in [0, 0.05) is 7.26 Å². The van der Waals surface area contributed by atoms with Crippen molar-refractivity contribution in [2.75, 3.05) is 18.5 Å². The average molecular weight is 265 g/mol. The number of unbranched alkanes of at least 4 members (excludes halogenated alkanes) is 3. The van der Waals surface area contributed by atoms with E-state index >= 15 is 0 Å². The van der Waals surface area contributed by atoms with Crippen LogP contribution in [0.25, 0.3) is 0 Å². The fourth-order valence-electron chi connectivity index (χ4n) is 2.03. The third kappa shape index (κ3) is 7.69. The lowest BCUT2D eigenvalue weighted by atomic mass is 10.4. The third-order valence-electron chi connectivity index (χ3n) is 3.26. The lowest BCUT2D eigenvalue weighted by Gasteiger charge is -2.23. The molecule has 0 aliphatic carbocycles. The Bertz CT molecular complexity index is 135. The fraction of sp³-hybridized carbons (Fsp3) is 0.857. The first-order valence-corrected chi connectivity index (χ1v) is 9.15. The van der Waals surface area contributed by atoms with Crippen molar-refractivity contribution in [3.63, 3.8) is 0 Å². The fourth-order valence-corrected chi connectivity index (χ4v) is 6.08. The van der Waals surface area contributed by atoms with E-state index in [2.05, 4.69) is 33.2 Å². The van der Waals surface area contributed by atoms with Gasteiger partial charge in [-0.2, -0.15) is 0 Å². The maximum absolute atomic E-state index is 4.14. The Morgan fingerprint density at radius 2 is 1.12 bits per heavy atom. The van der Waals surface area contributed by atoms with Crippen LogP contribution in [0.2, 0.25) is 0 Å². The molecule has 16 heavy (non-hydrogen) atoms. The summed E-state index contributed by atoms with van der Waals surface area (Å²) in [5.41, 5.74) is 0. The van der Waals surface area contributed by atoms with Crippen LogP contribution in [0.15, 0.2) is 12.4 Å². The molecular formula is C14H30ClP. The standard InChI is InChI=1S/C14H30P.ClH/c1-5-9-12-15(8-4,13-10-6-2)14-11-7-3;/h8H,4-7,9-14H2,1-3H3;1H/q+1;/p-1. The Morgan fingerprint density at radius 1 is 0.812 bits per heavy atom. The molecule has 0 aromatic carbocycles. The SMILES string of the molecule is C=C[P+](CCCC)(CCCC)CCCC.[Cl-]. The Balaban J connectivity index is 0. The van der Waals surface area contributed by atoms with E-state index in [4.69, 9.17) is 0 Å². The van der Waals surface area contributed by atoms with Crippen LogP contribution < -0.4 is 12.4 Å². The quantitative estimate of drug-likeness (QED) is 0.532. The molecule has 0 radical (unpaired) electrons. The molecular weight excluding hydrogens is 235 g/mol. The van der Waals surface area contributed by atoms with E-state index in [0.717, 1.165) is 0 Å². The summed E-state index contributed by atoms with van der Waals surface area (Å²) < 4.78 is 0. The van der Waals surface area contributed by atoms with Crippen molar-refractivity contribution >= 4 is 7.26 Å². The van der Waals surface area contributed by atoms with E-state index in [-0.39, 0.29) is 12.4 Å². The number of rotatable bonds is 10. The predicted molar refractivity (Wildman–Crippen MR) is 76.4 cm³/mol. The molecule has 98 valence electrons. The van der Waals surface area contributed by atoms with Gasteiger partial charge in [0.15, 0.2) is 0 Å². The topological polar surface area (TPSA) is 0 Å². The minimum Gasteiger partial charge on any atom is -1.00 e. The Hall–Kier alpha value is 0.460. The van der Waals surface area contributed by atoms with Crippen molar-refractivity contribution in [2.45, 2.75) is 59.3 Å². The van der Waals surface area contributed by atoms with Crippen LogP contribution in [0, 0.1) is 0 Å². The first-order valence-electron chi connectivity index (χ1n) is 6.74. The first kappa shape index (κ1) is 18.8. The molecule has 0 amide bonds. The summed E-state index contributed by atoms with van der Waals surface area (Å²) in [7, 11) is -0.763. The zero-order valence-electron chi connectivity index (χ0n) is 11.5. The molecule has 0 saturated carbocycles. The Labute approximate surface area is 110 Å². The molecule has 0 spiro atoms. The summed E-state index contributed by atoms with van der Waals surface area (Å²) in [5, 5.41) is 0. The lowest BCUT2D eigenvalue weighted by molar-refractivity contribution is -0.00000349. The second-order valence-corrected chi connectivity index (χ2v) is 8.78. The molecule has 0 aliphatic rings. The minimum absolute atomic E-state index is 0. The summed E-state index contributed by atoms with van der Waals surface area (Å²) in [5.74, 6) is 2.37. The Kier molecular flexibility index (Phi) is 14.0. The molecule has 0 N–H and O–H groups in total. The van der Waals surface area contributed by atoms with E-state index in [1.54, 1.807) is 0 Å². The highest BCUT2D eigenvalue weighted by atomic mass is 35.5. The largest absolute Gasteiger partial charge is 1.00 e. The zero-order chi connectivity index (χ0) is 11.6. The minimum atomic E-state index is -0.763. The van der Waals surface area contributed by atoms with E-state index in [9.17, 15) is 0 Å². The molecule has 0 aromatic rings. The highest BCUT2D eigenvalue weighted by Gasteiger charge is 2.31. The van der Waals surface area contributed by atoms with Crippen LogP contribution in [-0.2, 0) is 0 Å². The van der Waals surface area contributed by atoms with Crippen LogP contribution in [-0.4, -0.2) is 18.5 Å². The van der Waals surface area contributed by atoms with Crippen molar-refractivity contribution in [3.8, 4) is 0 Å². The van der Waals surface area contributed by atoms with Crippen LogP contribution in [0.5, 0.6) is 0 Å². The summed E-state index contributed by atoms with van der Waals surface area (Å²) in [6.07, 6.45) is 12.6. The highest BCUT2D eigenvalue weighted by molar-refractivity contribution is 7.78. The number of halogens is 1. The number of hydrogen-bond acceptors (Lipinski definition) is 0. The van der Waals surface area contributed by atoms with Crippen LogP contribution >= 0.6 is 7.26 Å². The molecule has 0 rings (SSSR count). The summed E-state index contributed by atoms with van der Waals surface area (Å²) in [6.45, 7) is 11.1. The summed E-state index contributed by atoms with van der Waals surface area (Å²) in [4.78, 5) is 0. The first-order chi connectivity index (χ1) is 7.24. The van der Waals surface area contributed by atoms with Crippen molar-refractivity contribution in [1.82, 2.24) is 0 Å². The van der Waals surface area contributed by atoms with Gasteiger partial charge < -0.3 is 12.4 Å². The monoisotopic (exact) mass is 264 g/mol. The molecule has 0 bridgehead atoms. The van der Waals surface area contributed by atoms with E-state index < -0.39 is 7.26 Å².